The third kappa shape index (κ3) is 4.16. The van der Waals surface area contributed by atoms with Crippen LogP contribution in [-0.2, 0) is 9.59 Å². The second kappa shape index (κ2) is 9.29. The van der Waals surface area contributed by atoms with Crippen molar-refractivity contribution in [3.05, 3.63) is 94.1 Å². The molecule has 1 aliphatic rings. The highest BCUT2D eigenvalue weighted by Crippen LogP contribution is 2.44. The summed E-state index contributed by atoms with van der Waals surface area (Å²) in [5.74, 6) is -0.863. The lowest BCUT2D eigenvalue weighted by molar-refractivity contribution is -0.132. The van der Waals surface area contributed by atoms with E-state index in [9.17, 15) is 19.8 Å². The highest BCUT2D eigenvalue weighted by Gasteiger charge is 2.47. The molecule has 1 unspecified atom stereocenters. The van der Waals surface area contributed by atoms with Gasteiger partial charge in [-0.3, -0.25) is 14.5 Å². The molecule has 0 aromatic heterocycles. The van der Waals surface area contributed by atoms with Crippen LogP contribution in [0.5, 0.6) is 11.5 Å². The largest absolute Gasteiger partial charge is 0.508 e. The van der Waals surface area contributed by atoms with Gasteiger partial charge in [0.25, 0.3) is 11.7 Å². The Morgan fingerprint density at radius 1 is 1.00 bits per heavy atom. The van der Waals surface area contributed by atoms with Crippen molar-refractivity contribution in [3.8, 4) is 11.5 Å². The highest BCUT2D eigenvalue weighted by atomic mass is 16.5. The van der Waals surface area contributed by atoms with Gasteiger partial charge in [-0.25, -0.2) is 0 Å². The number of aryl methyl sites for hydroxylation is 1. The van der Waals surface area contributed by atoms with Crippen molar-refractivity contribution < 1.29 is 24.5 Å². The first-order valence-corrected chi connectivity index (χ1v) is 11.5. The summed E-state index contributed by atoms with van der Waals surface area (Å²) in [5.41, 5.74) is 4.35. The number of aliphatic hydroxyl groups excluding tert-OH is 1. The number of carbonyl (C=O) groups is 2. The molecule has 2 N–H and O–H groups in total. The first-order chi connectivity index (χ1) is 16.6. The molecule has 1 saturated heterocycles. The average molecular weight is 472 g/mol. The van der Waals surface area contributed by atoms with Crippen LogP contribution in [0.25, 0.3) is 5.76 Å². The quantitative estimate of drug-likeness (QED) is 0.280. The fraction of sp³-hybridized carbons (Fsp3) is 0.241. The third-order valence-corrected chi connectivity index (χ3v) is 6.61. The Morgan fingerprint density at radius 3 is 2.31 bits per heavy atom. The van der Waals surface area contributed by atoms with E-state index in [4.69, 9.17) is 4.74 Å². The molecule has 4 rings (SSSR count). The minimum Gasteiger partial charge on any atom is -0.508 e. The smallest absolute Gasteiger partial charge is 0.300 e. The Bertz CT molecular complexity index is 1340. The van der Waals surface area contributed by atoms with Crippen molar-refractivity contribution in [1.29, 1.82) is 0 Å². The van der Waals surface area contributed by atoms with Gasteiger partial charge in [0, 0.05) is 11.3 Å². The minimum absolute atomic E-state index is 0.00136. The Labute approximate surface area is 205 Å². The first kappa shape index (κ1) is 24.1. The molecule has 0 bridgehead atoms. The Balaban J connectivity index is 1.98. The molecular formula is C29H29NO5. The molecule has 3 aromatic rings. The van der Waals surface area contributed by atoms with Gasteiger partial charge in [-0.2, -0.15) is 0 Å². The van der Waals surface area contributed by atoms with E-state index < -0.39 is 17.7 Å². The predicted molar refractivity (Wildman–Crippen MR) is 136 cm³/mol. The lowest BCUT2D eigenvalue weighted by Crippen LogP contribution is -2.30. The Hall–Kier alpha value is -4.06. The fourth-order valence-corrected chi connectivity index (χ4v) is 4.54. The average Bonchev–Trinajstić information content (AvgIpc) is 3.10. The van der Waals surface area contributed by atoms with Crippen LogP contribution in [0, 0.1) is 13.8 Å². The maximum atomic E-state index is 13.4. The zero-order valence-corrected chi connectivity index (χ0v) is 20.5. The van der Waals surface area contributed by atoms with Gasteiger partial charge in [0.05, 0.1) is 18.7 Å². The number of aromatic hydroxyl groups is 1. The summed E-state index contributed by atoms with van der Waals surface area (Å²) >= 11 is 0. The standard InChI is InChI=1S/C29H29NO5/c1-16(2)22-15-20(11-14-24(22)35-5)27(32)25-26(19-9-12-21(31)13-10-19)30(29(34)28(25)33)23-8-6-7-17(3)18(23)4/h6-16,26,31-32H,1-5H3/b27-25+. The molecule has 180 valence electrons. The van der Waals surface area contributed by atoms with Gasteiger partial charge in [-0.05, 0) is 78.4 Å². The van der Waals surface area contributed by atoms with E-state index >= 15 is 0 Å². The lowest BCUT2D eigenvalue weighted by Gasteiger charge is -2.27. The molecule has 0 spiro atoms. The third-order valence-electron chi connectivity index (χ3n) is 6.61. The van der Waals surface area contributed by atoms with Crippen LogP contribution >= 0.6 is 0 Å². The number of anilines is 1. The number of ketones is 1. The van der Waals surface area contributed by atoms with Crippen molar-refractivity contribution in [2.45, 2.75) is 39.7 Å². The second-order valence-corrected chi connectivity index (χ2v) is 9.09. The van der Waals surface area contributed by atoms with Crippen LogP contribution in [0.3, 0.4) is 0 Å². The predicted octanol–water partition coefficient (Wildman–Crippen LogP) is 5.77. The van der Waals surface area contributed by atoms with Gasteiger partial charge >= 0.3 is 0 Å². The number of hydrogen-bond acceptors (Lipinski definition) is 5. The van der Waals surface area contributed by atoms with E-state index in [1.807, 2.05) is 39.8 Å². The van der Waals surface area contributed by atoms with Crippen molar-refractivity contribution in [2.75, 3.05) is 12.0 Å². The summed E-state index contributed by atoms with van der Waals surface area (Å²) in [7, 11) is 1.58. The summed E-state index contributed by atoms with van der Waals surface area (Å²) in [5, 5.41) is 21.3. The summed E-state index contributed by atoms with van der Waals surface area (Å²) in [6, 6.07) is 16.3. The van der Waals surface area contributed by atoms with Gasteiger partial charge in [0.1, 0.15) is 17.3 Å². The van der Waals surface area contributed by atoms with Gasteiger partial charge in [-0.1, -0.05) is 38.1 Å². The minimum atomic E-state index is -0.860. The van der Waals surface area contributed by atoms with Crippen LogP contribution in [-0.4, -0.2) is 29.0 Å². The van der Waals surface area contributed by atoms with E-state index in [1.165, 1.54) is 17.0 Å². The molecule has 35 heavy (non-hydrogen) atoms. The number of rotatable bonds is 5. The number of ether oxygens (including phenoxy) is 1. The van der Waals surface area contributed by atoms with E-state index in [2.05, 4.69) is 0 Å². The molecule has 0 aliphatic carbocycles. The molecule has 1 atom stereocenters. The zero-order valence-electron chi connectivity index (χ0n) is 20.5. The molecular weight excluding hydrogens is 442 g/mol. The summed E-state index contributed by atoms with van der Waals surface area (Å²) in [6.45, 7) is 7.86. The number of carbonyl (C=O) groups excluding carboxylic acids is 2. The molecule has 1 aliphatic heterocycles. The summed E-state index contributed by atoms with van der Waals surface area (Å²) in [4.78, 5) is 28.3. The Morgan fingerprint density at radius 2 is 1.69 bits per heavy atom. The monoisotopic (exact) mass is 471 g/mol. The molecule has 0 radical (unpaired) electrons. The number of aliphatic hydroxyl groups is 1. The number of phenols is 1. The van der Waals surface area contributed by atoms with E-state index in [1.54, 1.807) is 43.5 Å². The maximum Gasteiger partial charge on any atom is 0.300 e. The number of benzene rings is 3. The van der Waals surface area contributed by atoms with E-state index in [0.717, 1.165) is 16.7 Å². The second-order valence-electron chi connectivity index (χ2n) is 9.09. The van der Waals surface area contributed by atoms with E-state index in [0.29, 0.717) is 22.6 Å². The number of Topliss-reactive ketones (excluding diaryl/α,β-unsaturated/α-hetero) is 1. The summed E-state index contributed by atoms with van der Waals surface area (Å²) < 4.78 is 5.46. The summed E-state index contributed by atoms with van der Waals surface area (Å²) in [6.07, 6.45) is 0. The van der Waals surface area contributed by atoms with Crippen molar-refractivity contribution in [1.82, 2.24) is 0 Å². The number of methoxy groups -OCH3 is 1. The molecule has 3 aromatic carbocycles. The number of nitrogens with zero attached hydrogens (tertiary/aromatic N) is 1. The van der Waals surface area contributed by atoms with Crippen LogP contribution in [0.1, 0.15) is 53.6 Å². The molecule has 1 heterocycles. The fourth-order valence-electron chi connectivity index (χ4n) is 4.54. The maximum absolute atomic E-state index is 13.4. The number of hydrogen-bond donors (Lipinski definition) is 2. The van der Waals surface area contributed by atoms with Crippen molar-refractivity contribution >= 4 is 23.1 Å². The molecule has 6 heteroatoms. The SMILES string of the molecule is COc1ccc(/C(O)=C2\C(=O)C(=O)N(c3cccc(C)c3C)C2c2ccc(O)cc2)cc1C(C)C. The topological polar surface area (TPSA) is 87.1 Å². The molecule has 1 amide bonds. The number of amides is 1. The van der Waals surface area contributed by atoms with Crippen LogP contribution < -0.4 is 9.64 Å². The van der Waals surface area contributed by atoms with Crippen LogP contribution in [0.15, 0.2) is 66.2 Å². The van der Waals surface area contributed by atoms with Crippen molar-refractivity contribution in [2.24, 2.45) is 0 Å². The lowest BCUT2D eigenvalue weighted by atomic mass is 9.93. The van der Waals surface area contributed by atoms with Crippen LogP contribution in [0.2, 0.25) is 0 Å². The van der Waals surface area contributed by atoms with Gasteiger partial charge < -0.3 is 14.9 Å². The molecule has 1 fully saturated rings. The van der Waals surface area contributed by atoms with Gasteiger partial charge in [0.15, 0.2) is 0 Å². The molecule has 0 saturated carbocycles. The van der Waals surface area contributed by atoms with Crippen molar-refractivity contribution in [3.63, 3.8) is 0 Å². The Kier molecular flexibility index (Phi) is 6.39. The normalized spacial score (nSPS) is 17.3. The van der Waals surface area contributed by atoms with Crippen LogP contribution in [0.4, 0.5) is 5.69 Å². The zero-order chi connectivity index (χ0) is 25.4. The highest BCUT2D eigenvalue weighted by molar-refractivity contribution is 6.51. The number of phenolic OH excluding ortho intramolecular Hbond substituents is 1. The first-order valence-electron chi connectivity index (χ1n) is 11.5. The van der Waals surface area contributed by atoms with E-state index in [-0.39, 0.29) is 23.0 Å². The molecule has 6 nitrogen and oxygen atoms in total. The van der Waals surface area contributed by atoms with Gasteiger partial charge in [0.2, 0.25) is 0 Å². The van der Waals surface area contributed by atoms with Gasteiger partial charge in [-0.15, -0.1) is 0 Å².